The second kappa shape index (κ2) is 9.79. The van der Waals surface area contributed by atoms with E-state index >= 15 is 0 Å². The quantitative estimate of drug-likeness (QED) is 0.240. The summed E-state index contributed by atoms with van der Waals surface area (Å²) in [6.07, 6.45) is -6.00. The summed E-state index contributed by atoms with van der Waals surface area (Å²) in [4.78, 5) is 22.8. The number of aliphatic hydroxyl groups is 1. The molecule has 9 nitrogen and oxygen atoms in total. The minimum absolute atomic E-state index is 0.00580. The number of aryl methyl sites for hydroxylation is 1. The van der Waals surface area contributed by atoms with Crippen LogP contribution in [0, 0.1) is 0 Å². The summed E-state index contributed by atoms with van der Waals surface area (Å²) in [7, 11) is 2.75. The number of imidazole rings is 1. The van der Waals surface area contributed by atoms with Crippen LogP contribution in [0.1, 0.15) is 53.1 Å². The van der Waals surface area contributed by atoms with Crippen LogP contribution in [0.5, 0.6) is 5.88 Å². The molecule has 1 unspecified atom stereocenters. The van der Waals surface area contributed by atoms with Gasteiger partial charge in [-0.05, 0) is 18.4 Å². The molecule has 1 atom stereocenters. The molecule has 1 aliphatic rings. The van der Waals surface area contributed by atoms with Gasteiger partial charge in [0.05, 0.1) is 23.8 Å². The summed E-state index contributed by atoms with van der Waals surface area (Å²) in [5, 5.41) is 11.2. The highest BCUT2D eigenvalue weighted by Gasteiger charge is 2.39. The number of aliphatic hydroxyl groups excluding tert-OH is 1. The number of ether oxygens (including phenoxy) is 1. The molecule has 4 aromatic heterocycles. The van der Waals surface area contributed by atoms with Crippen molar-refractivity contribution >= 4 is 11.0 Å². The Hall–Kier alpha value is -4.53. The summed E-state index contributed by atoms with van der Waals surface area (Å²) < 4.78 is 88.4. The van der Waals surface area contributed by atoms with Gasteiger partial charge in [-0.25, -0.2) is 24.9 Å². The molecule has 42 heavy (non-hydrogen) atoms. The summed E-state index contributed by atoms with van der Waals surface area (Å²) in [5.74, 6) is -0.220. The van der Waals surface area contributed by atoms with E-state index in [9.17, 15) is 31.4 Å². The number of nitrogens with one attached hydrogen (secondary N) is 1. The number of aromatic nitrogens is 7. The maximum Gasteiger partial charge on any atom is 0.435 e. The molecule has 0 aliphatic heterocycles. The Labute approximate surface area is 233 Å². The molecule has 1 saturated carbocycles. The van der Waals surface area contributed by atoms with Crippen LogP contribution in [0.15, 0.2) is 43.0 Å². The lowest BCUT2D eigenvalue weighted by atomic mass is 10.0. The molecular formula is C27H21F6N7O2. The van der Waals surface area contributed by atoms with Crippen LogP contribution in [0.25, 0.3) is 33.8 Å². The molecule has 1 aliphatic carbocycles. The number of fused-ring (bicyclic) bond motifs is 1. The number of aromatic amines is 1. The van der Waals surface area contributed by atoms with Crippen LogP contribution in [0.3, 0.4) is 0 Å². The van der Waals surface area contributed by atoms with Crippen LogP contribution < -0.4 is 4.74 Å². The number of nitrogens with zero attached hydrogens (tertiary/aromatic N) is 6. The van der Waals surface area contributed by atoms with Crippen LogP contribution in [-0.4, -0.2) is 46.7 Å². The van der Waals surface area contributed by atoms with Crippen molar-refractivity contribution in [2.24, 2.45) is 7.05 Å². The predicted molar refractivity (Wildman–Crippen MR) is 136 cm³/mol. The minimum atomic E-state index is -4.87. The van der Waals surface area contributed by atoms with Gasteiger partial charge in [0.2, 0.25) is 5.88 Å². The van der Waals surface area contributed by atoms with Crippen LogP contribution in [0.4, 0.5) is 26.3 Å². The van der Waals surface area contributed by atoms with E-state index < -0.39 is 35.4 Å². The van der Waals surface area contributed by atoms with Crippen molar-refractivity contribution in [1.29, 1.82) is 0 Å². The molecule has 0 amide bonds. The lowest BCUT2D eigenvalue weighted by Crippen LogP contribution is -2.12. The Kier molecular flexibility index (Phi) is 6.44. The first-order chi connectivity index (χ1) is 19.9. The van der Waals surface area contributed by atoms with Crippen LogP contribution in [0.2, 0.25) is 0 Å². The molecule has 0 bridgehead atoms. The largest absolute Gasteiger partial charge is 0.480 e. The molecule has 5 aromatic rings. The normalized spacial score (nSPS) is 14.9. The Morgan fingerprint density at radius 1 is 1.00 bits per heavy atom. The molecule has 0 spiro atoms. The highest BCUT2D eigenvalue weighted by molar-refractivity contribution is 5.85. The maximum absolute atomic E-state index is 14.2. The third-order valence-corrected chi connectivity index (χ3v) is 6.99. The van der Waals surface area contributed by atoms with Gasteiger partial charge < -0.3 is 19.4 Å². The van der Waals surface area contributed by atoms with Crippen LogP contribution >= 0.6 is 0 Å². The fourth-order valence-corrected chi connectivity index (χ4v) is 4.83. The number of halogens is 6. The first kappa shape index (κ1) is 27.6. The lowest BCUT2D eigenvalue weighted by molar-refractivity contribution is -0.141. The average molecular weight is 590 g/mol. The van der Waals surface area contributed by atoms with E-state index in [1.807, 2.05) is 0 Å². The monoisotopic (exact) mass is 589 g/mol. The van der Waals surface area contributed by atoms with Gasteiger partial charge in [0.15, 0.2) is 17.2 Å². The van der Waals surface area contributed by atoms with E-state index in [-0.39, 0.29) is 45.7 Å². The standard InChI is InChI=1S/C27H21F6N7O2/c1-40-10-16(26(28,29)30)37-24(40)14-7-5-13(6-8-14)21(41)15-9-34-20-19(15)38-23(39-22(20)27(31,32)33)17-18(12-3-4-12)35-11-36-25(17)42-2/h5-12,21,34,41H,3-4H2,1-2H3. The van der Waals surface area contributed by atoms with Gasteiger partial charge in [-0.1, -0.05) is 24.3 Å². The molecule has 6 rings (SSSR count). The van der Waals surface area contributed by atoms with Crippen LogP contribution in [-0.2, 0) is 19.4 Å². The third-order valence-electron chi connectivity index (χ3n) is 6.99. The third kappa shape index (κ3) is 4.82. The number of H-pyrrole nitrogens is 1. The van der Waals surface area contributed by atoms with Crippen molar-refractivity contribution in [3.8, 4) is 28.7 Å². The second-order valence-corrected chi connectivity index (χ2v) is 9.86. The van der Waals surface area contributed by atoms with Crippen molar-refractivity contribution in [1.82, 2.24) is 34.5 Å². The lowest BCUT2D eigenvalue weighted by Gasteiger charge is -2.15. The van der Waals surface area contributed by atoms with Gasteiger partial charge in [0, 0.05) is 36.5 Å². The topological polar surface area (TPSA) is 115 Å². The van der Waals surface area contributed by atoms with Crippen molar-refractivity contribution in [3.63, 3.8) is 0 Å². The average Bonchev–Trinajstić information content (AvgIpc) is 3.59. The van der Waals surface area contributed by atoms with E-state index in [1.165, 1.54) is 55.5 Å². The molecule has 1 fully saturated rings. The number of benzene rings is 1. The van der Waals surface area contributed by atoms with E-state index in [0.29, 0.717) is 11.3 Å². The number of methoxy groups -OCH3 is 1. The van der Waals surface area contributed by atoms with Gasteiger partial charge in [-0.3, -0.25) is 0 Å². The van der Waals surface area contributed by atoms with Gasteiger partial charge >= 0.3 is 12.4 Å². The Morgan fingerprint density at radius 3 is 2.31 bits per heavy atom. The number of rotatable bonds is 6. The van der Waals surface area contributed by atoms with Gasteiger partial charge in [-0.15, -0.1) is 0 Å². The van der Waals surface area contributed by atoms with Crippen molar-refractivity contribution in [2.75, 3.05) is 7.11 Å². The number of alkyl halides is 6. The highest BCUT2D eigenvalue weighted by Crippen LogP contribution is 2.46. The zero-order valence-corrected chi connectivity index (χ0v) is 21.9. The van der Waals surface area contributed by atoms with Gasteiger partial charge in [0.25, 0.3) is 0 Å². The molecule has 1 aromatic carbocycles. The molecule has 218 valence electrons. The summed E-state index contributed by atoms with van der Waals surface area (Å²) >= 11 is 0. The van der Waals surface area contributed by atoms with Gasteiger partial charge in [0.1, 0.15) is 23.8 Å². The van der Waals surface area contributed by atoms with E-state index in [4.69, 9.17) is 4.74 Å². The molecule has 2 N–H and O–H groups in total. The number of hydrogen-bond donors (Lipinski definition) is 2. The summed E-state index contributed by atoms with van der Waals surface area (Å²) in [6.45, 7) is 0. The molecular weight excluding hydrogens is 568 g/mol. The molecule has 0 radical (unpaired) electrons. The van der Waals surface area contributed by atoms with Crippen molar-refractivity contribution in [3.05, 3.63) is 71.2 Å². The Bertz CT molecular complexity index is 1790. The second-order valence-electron chi connectivity index (χ2n) is 9.86. The first-order valence-corrected chi connectivity index (χ1v) is 12.6. The first-order valence-electron chi connectivity index (χ1n) is 12.6. The van der Waals surface area contributed by atoms with Crippen molar-refractivity contribution < 1.29 is 36.2 Å². The molecule has 0 saturated heterocycles. The van der Waals surface area contributed by atoms with Crippen molar-refractivity contribution in [2.45, 2.75) is 37.2 Å². The highest BCUT2D eigenvalue weighted by atomic mass is 19.4. The zero-order valence-electron chi connectivity index (χ0n) is 21.9. The predicted octanol–water partition coefficient (Wildman–Crippen LogP) is 5.82. The molecule has 4 heterocycles. The maximum atomic E-state index is 14.2. The Morgan fingerprint density at radius 2 is 1.71 bits per heavy atom. The fourth-order valence-electron chi connectivity index (χ4n) is 4.83. The van der Waals surface area contributed by atoms with E-state index in [1.54, 1.807) is 0 Å². The fraction of sp³-hybridized carbons (Fsp3) is 0.296. The SMILES string of the molecule is COc1ncnc(C2CC2)c1-c1nc(C(F)(F)F)c2[nH]cc(C(O)c3ccc(-c4nc(C(F)(F)F)cn4C)cc3)c2n1. The van der Waals surface area contributed by atoms with E-state index in [2.05, 4.69) is 29.9 Å². The Balaban J connectivity index is 1.44. The van der Waals surface area contributed by atoms with E-state index in [0.717, 1.165) is 19.0 Å². The summed E-state index contributed by atoms with van der Waals surface area (Å²) in [5.41, 5.74) is -1.62. The minimum Gasteiger partial charge on any atom is -0.480 e. The van der Waals surface area contributed by atoms with Gasteiger partial charge in [-0.2, -0.15) is 26.3 Å². The zero-order chi connectivity index (χ0) is 30.0. The molecule has 15 heteroatoms. The smallest absolute Gasteiger partial charge is 0.435 e. The summed E-state index contributed by atoms with van der Waals surface area (Å²) in [6, 6.07) is 5.83. The number of hydrogen-bond acceptors (Lipinski definition) is 7.